The molecule has 3 nitrogen and oxygen atoms in total. The summed E-state index contributed by atoms with van der Waals surface area (Å²) in [6.07, 6.45) is 0. The topological polar surface area (TPSA) is 18.8 Å². The molecule has 156 valence electrons. The SMILES string of the molecule is C[Si](C)(C)N=[P+](N([Si](C)(C)C)[Si](C)(C)C)P(F)N([Si](C)(C)C)[Si](C)(C)C. The van der Waals surface area contributed by atoms with E-state index in [4.69, 9.17) is 4.41 Å². The Balaban J connectivity index is 6.68. The minimum absolute atomic E-state index is 1.08. The van der Waals surface area contributed by atoms with Crippen LogP contribution in [0.15, 0.2) is 4.41 Å². The lowest BCUT2D eigenvalue weighted by Gasteiger charge is -2.44. The zero-order valence-electron chi connectivity index (χ0n) is 20.1. The molecule has 0 aliphatic rings. The summed E-state index contributed by atoms with van der Waals surface area (Å²) in [7, 11) is -11.4. The Labute approximate surface area is 171 Å². The van der Waals surface area contributed by atoms with Crippen molar-refractivity contribution in [3.8, 4) is 0 Å². The van der Waals surface area contributed by atoms with Gasteiger partial charge in [-0.25, -0.2) is 0 Å². The molecular formula is C15H45FN3P2Si5+. The van der Waals surface area contributed by atoms with E-state index >= 15 is 4.20 Å². The van der Waals surface area contributed by atoms with Gasteiger partial charge in [-0.05, 0) is 19.6 Å². The Kier molecular flexibility index (Phi) is 9.17. The highest BCUT2D eigenvalue weighted by Gasteiger charge is 2.57. The van der Waals surface area contributed by atoms with Gasteiger partial charge in [0.05, 0.1) is 0 Å². The average molecular weight is 489 g/mol. The fourth-order valence-corrected chi connectivity index (χ4v) is 48.2. The van der Waals surface area contributed by atoms with Crippen LogP contribution in [0.2, 0.25) is 98.2 Å². The molecular weight excluding hydrogens is 444 g/mol. The summed E-state index contributed by atoms with van der Waals surface area (Å²) in [5, 5.41) is 0. The summed E-state index contributed by atoms with van der Waals surface area (Å²) >= 11 is 0. The minimum atomic E-state index is -1.76. The maximum atomic E-state index is 16.6. The number of halogens is 1. The quantitative estimate of drug-likeness (QED) is 0.252. The molecule has 0 amide bonds. The summed E-state index contributed by atoms with van der Waals surface area (Å²) in [5.41, 5.74) is 0. The van der Waals surface area contributed by atoms with Crippen molar-refractivity contribution in [1.82, 2.24) is 8.00 Å². The molecule has 0 saturated heterocycles. The van der Waals surface area contributed by atoms with Gasteiger partial charge in [-0.3, -0.25) is 4.00 Å². The van der Waals surface area contributed by atoms with Gasteiger partial charge in [-0.15, -0.1) is 4.41 Å². The third-order valence-corrected chi connectivity index (χ3v) is 34.8. The number of rotatable bonds is 8. The maximum Gasteiger partial charge on any atom is 0.409 e. The lowest BCUT2D eigenvalue weighted by molar-refractivity contribution is 0.818. The van der Waals surface area contributed by atoms with Crippen molar-refractivity contribution >= 4 is 56.8 Å². The first-order chi connectivity index (χ1) is 11.0. The van der Waals surface area contributed by atoms with Crippen LogP contribution >= 0.6 is 15.6 Å². The van der Waals surface area contributed by atoms with Crippen molar-refractivity contribution in [3.05, 3.63) is 0 Å². The summed E-state index contributed by atoms with van der Waals surface area (Å²) in [6, 6.07) is 0. The van der Waals surface area contributed by atoms with Crippen LogP contribution in [0.1, 0.15) is 0 Å². The molecule has 0 bridgehead atoms. The van der Waals surface area contributed by atoms with Crippen molar-refractivity contribution in [3.63, 3.8) is 0 Å². The van der Waals surface area contributed by atoms with Crippen molar-refractivity contribution in [2.45, 2.75) is 98.2 Å². The second-order valence-corrected chi connectivity index (χ2v) is 42.7. The van der Waals surface area contributed by atoms with Gasteiger partial charge in [0.1, 0.15) is 16.5 Å². The highest BCUT2D eigenvalue weighted by Crippen LogP contribution is 2.72. The van der Waals surface area contributed by atoms with E-state index in [0.29, 0.717) is 0 Å². The van der Waals surface area contributed by atoms with Gasteiger partial charge < -0.3 is 0 Å². The van der Waals surface area contributed by atoms with Crippen molar-refractivity contribution in [1.29, 1.82) is 0 Å². The first-order valence-electron chi connectivity index (χ1n) is 9.59. The Hall–Kier alpha value is 1.46. The molecule has 2 atom stereocenters. The predicted octanol–water partition coefficient (Wildman–Crippen LogP) is 8.54. The van der Waals surface area contributed by atoms with Crippen molar-refractivity contribution in [2.75, 3.05) is 0 Å². The average Bonchev–Trinajstić information content (AvgIpc) is 2.16. The van der Waals surface area contributed by atoms with Crippen LogP contribution in [0, 0.1) is 0 Å². The van der Waals surface area contributed by atoms with Crippen molar-refractivity contribution < 1.29 is 4.20 Å². The molecule has 0 fully saturated rings. The molecule has 0 aromatic heterocycles. The highest BCUT2D eigenvalue weighted by molar-refractivity contribution is 8.23. The zero-order valence-corrected chi connectivity index (χ0v) is 26.9. The number of hydrogen-bond donors (Lipinski definition) is 0. The molecule has 26 heavy (non-hydrogen) atoms. The largest absolute Gasteiger partial charge is 0.409 e. The van der Waals surface area contributed by atoms with Gasteiger partial charge in [0.15, 0.2) is 16.5 Å². The third-order valence-electron chi connectivity index (χ3n) is 3.42. The van der Waals surface area contributed by atoms with E-state index in [-0.39, 0.29) is 0 Å². The van der Waals surface area contributed by atoms with Crippen molar-refractivity contribution in [2.24, 2.45) is 4.41 Å². The fraction of sp³-hybridized carbons (Fsp3) is 1.00. The van der Waals surface area contributed by atoms with E-state index in [0.717, 1.165) is 0 Å². The standard InChI is InChI=1S/C15H45FN3P2Si5/c1-22(2,3)17-21(19(25(10,11)12)26(13,14)15)20(16)18(23(4,5)6)24(7,8)9/h1-15H3/q+1. The Morgan fingerprint density at radius 2 is 0.923 bits per heavy atom. The second kappa shape index (κ2) is 8.68. The lowest BCUT2D eigenvalue weighted by Crippen LogP contribution is -2.57. The molecule has 2 unspecified atom stereocenters. The van der Waals surface area contributed by atoms with E-state index in [1.807, 2.05) is 0 Å². The van der Waals surface area contributed by atoms with Crippen LogP contribution in [0.5, 0.6) is 0 Å². The smallest absolute Gasteiger partial charge is 0.259 e. The minimum Gasteiger partial charge on any atom is -0.259 e. The molecule has 0 saturated carbocycles. The Morgan fingerprint density at radius 1 is 0.615 bits per heavy atom. The first-order valence-corrected chi connectivity index (χ1v) is 30.0. The molecule has 0 N–H and O–H groups in total. The number of nitrogens with zero attached hydrogens (tertiary/aromatic N) is 3. The van der Waals surface area contributed by atoms with E-state index in [1.54, 1.807) is 0 Å². The van der Waals surface area contributed by atoms with Crippen LogP contribution in [0.3, 0.4) is 0 Å². The summed E-state index contributed by atoms with van der Waals surface area (Å²) < 4.78 is 27.0. The highest BCUT2D eigenvalue weighted by atomic mass is 32.1. The molecule has 0 aliphatic heterocycles. The van der Waals surface area contributed by atoms with E-state index in [1.165, 1.54) is 0 Å². The van der Waals surface area contributed by atoms with Gasteiger partial charge in [0.25, 0.3) is 0 Å². The van der Waals surface area contributed by atoms with Gasteiger partial charge >= 0.3 is 15.6 Å². The predicted molar refractivity (Wildman–Crippen MR) is 138 cm³/mol. The monoisotopic (exact) mass is 488 g/mol. The molecule has 0 aliphatic carbocycles. The van der Waals surface area contributed by atoms with E-state index in [2.05, 4.69) is 106 Å². The van der Waals surface area contributed by atoms with Crippen LogP contribution in [0.4, 0.5) is 4.20 Å². The Bertz CT molecular complexity index is 486. The van der Waals surface area contributed by atoms with E-state index in [9.17, 15) is 0 Å². The molecule has 0 aromatic rings. The summed E-state index contributed by atoms with van der Waals surface area (Å²) in [4.78, 5) is 0. The normalized spacial score (nSPS) is 17.2. The van der Waals surface area contributed by atoms with Gasteiger partial charge in [0.2, 0.25) is 8.24 Å². The first kappa shape index (κ1) is 27.5. The number of hydrogen-bond acceptors (Lipinski definition) is 2. The molecule has 0 heterocycles. The van der Waals surface area contributed by atoms with Crippen LogP contribution in [-0.2, 0) is 0 Å². The van der Waals surface area contributed by atoms with Crippen LogP contribution in [0.25, 0.3) is 0 Å². The molecule has 11 heteroatoms. The molecule has 0 rings (SSSR count). The third kappa shape index (κ3) is 8.45. The summed E-state index contributed by atoms with van der Waals surface area (Å²) in [5.74, 6) is 0. The van der Waals surface area contributed by atoms with Crippen LogP contribution < -0.4 is 0 Å². The van der Waals surface area contributed by atoms with Gasteiger partial charge in [-0.1, -0.05) is 78.6 Å². The van der Waals surface area contributed by atoms with E-state index < -0.39 is 56.8 Å². The summed E-state index contributed by atoms with van der Waals surface area (Å²) in [6.45, 7) is 35.0. The second-order valence-electron chi connectivity index (χ2n) is 12.1. The molecule has 0 spiro atoms. The lowest BCUT2D eigenvalue weighted by atomic mass is 11.8. The van der Waals surface area contributed by atoms with Crippen LogP contribution in [-0.4, -0.2) is 49.2 Å². The molecule has 0 aromatic carbocycles. The molecule has 0 radical (unpaired) electrons. The zero-order chi connectivity index (χ0) is 21.5. The fourth-order valence-electron chi connectivity index (χ4n) is 3.55. The maximum absolute atomic E-state index is 16.6. The van der Waals surface area contributed by atoms with Gasteiger partial charge in [0, 0.05) is 0 Å². The Morgan fingerprint density at radius 3 is 1.12 bits per heavy atom. The van der Waals surface area contributed by atoms with Gasteiger partial charge in [-0.2, -0.15) is 8.20 Å².